The first-order valence-corrected chi connectivity index (χ1v) is 5.76. The molecule has 17 heavy (non-hydrogen) atoms. The molecule has 0 spiro atoms. The Balaban J connectivity index is 1.98. The van der Waals surface area contributed by atoms with Crippen molar-refractivity contribution in [3.05, 3.63) is 29.8 Å². The van der Waals surface area contributed by atoms with Gasteiger partial charge in [0.2, 0.25) is 0 Å². The third-order valence-electron chi connectivity index (χ3n) is 2.73. The lowest BCUT2D eigenvalue weighted by molar-refractivity contribution is 0.0697. The highest BCUT2D eigenvalue weighted by molar-refractivity contribution is 5.87. The van der Waals surface area contributed by atoms with Crippen molar-refractivity contribution in [1.29, 1.82) is 0 Å². The van der Waals surface area contributed by atoms with Crippen LogP contribution in [0, 0.1) is 0 Å². The summed E-state index contributed by atoms with van der Waals surface area (Å²) in [4.78, 5) is 10.7. The second-order valence-electron chi connectivity index (χ2n) is 4.06. The summed E-state index contributed by atoms with van der Waals surface area (Å²) in [7, 11) is 0. The number of piperidine rings is 1. The van der Waals surface area contributed by atoms with Crippen molar-refractivity contribution in [3.8, 4) is 0 Å². The fraction of sp³-hybridized carbons (Fsp3) is 0.417. The van der Waals surface area contributed by atoms with Gasteiger partial charge in [0.1, 0.15) is 0 Å². The highest BCUT2D eigenvalue weighted by atomic mass is 16.4. The van der Waals surface area contributed by atoms with Gasteiger partial charge in [-0.05, 0) is 43.5 Å². The van der Waals surface area contributed by atoms with Gasteiger partial charge in [0, 0.05) is 13.1 Å². The van der Waals surface area contributed by atoms with Gasteiger partial charge in [-0.25, -0.2) is 4.79 Å². The van der Waals surface area contributed by atoms with Crippen LogP contribution in [-0.2, 0) is 0 Å². The van der Waals surface area contributed by atoms with Crippen LogP contribution in [0.15, 0.2) is 34.6 Å². The van der Waals surface area contributed by atoms with Gasteiger partial charge in [0.25, 0.3) is 0 Å². The minimum atomic E-state index is -0.926. The summed E-state index contributed by atoms with van der Waals surface area (Å²) in [6.07, 6.45) is 3.59. The number of carboxylic acids is 1. The molecule has 1 saturated heterocycles. The summed E-state index contributed by atoms with van der Waals surface area (Å²) < 4.78 is 0. The molecule has 1 N–H and O–H groups in total. The van der Waals surface area contributed by atoms with Gasteiger partial charge in [-0.2, -0.15) is 0 Å². The molecule has 0 atom stereocenters. The number of hydrogen-bond acceptors (Lipinski definition) is 3. The molecule has 1 fully saturated rings. The van der Waals surface area contributed by atoms with E-state index in [-0.39, 0.29) is 5.56 Å². The molecule has 5 nitrogen and oxygen atoms in total. The minimum Gasteiger partial charge on any atom is -0.478 e. The van der Waals surface area contributed by atoms with E-state index in [0.717, 1.165) is 25.9 Å². The van der Waals surface area contributed by atoms with E-state index in [0.29, 0.717) is 5.69 Å². The Bertz CT molecular complexity index is 408. The molecule has 1 heterocycles. The molecule has 0 aliphatic carbocycles. The van der Waals surface area contributed by atoms with Crippen LogP contribution in [0.1, 0.15) is 29.6 Å². The Hall–Kier alpha value is -1.91. The van der Waals surface area contributed by atoms with Crippen molar-refractivity contribution in [2.45, 2.75) is 19.3 Å². The van der Waals surface area contributed by atoms with Crippen LogP contribution in [-0.4, -0.2) is 29.2 Å². The van der Waals surface area contributed by atoms with Gasteiger partial charge in [0.05, 0.1) is 11.3 Å². The maximum Gasteiger partial charge on any atom is 0.335 e. The quantitative estimate of drug-likeness (QED) is 0.816. The molecule has 1 aromatic rings. The highest BCUT2D eigenvalue weighted by Gasteiger charge is 2.07. The first-order chi connectivity index (χ1) is 8.25. The number of nitrogens with zero attached hydrogens (tertiary/aromatic N) is 3. The third-order valence-corrected chi connectivity index (χ3v) is 2.73. The number of aromatic carboxylic acids is 1. The van der Waals surface area contributed by atoms with Crippen LogP contribution in [0.3, 0.4) is 0 Å². The standard InChI is InChI=1S/C12H15N3O2/c16-12(17)10-4-6-11(7-5-10)13-14-15-8-2-1-3-9-15/h4-7H,1-3,8-9H2,(H,16,17). The van der Waals surface area contributed by atoms with Crippen LogP contribution in [0.2, 0.25) is 0 Å². The average Bonchev–Trinajstić information content (AvgIpc) is 2.38. The van der Waals surface area contributed by atoms with Crippen molar-refractivity contribution in [2.75, 3.05) is 13.1 Å². The lowest BCUT2D eigenvalue weighted by Gasteiger charge is -2.21. The summed E-state index contributed by atoms with van der Waals surface area (Å²) in [6, 6.07) is 6.40. The Morgan fingerprint density at radius 1 is 1.12 bits per heavy atom. The Kier molecular flexibility index (Phi) is 3.69. The lowest BCUT2D eigenvalue weighted by atomic mass is 10.2. The van der Waals surface area contributed by atoms with Crippen LogP contribution < -0.4 is 0 Å². The number of rotatable bonds is 3. The van der Waals surface area contributed by atoms with E-state index in [4.69, 9.17) is 5.11 Å². The van der Waals surface area contributed by atoms with E-state index in [9.17, 15) is 4.79 Å². The molecule has 0 unspecified atom stereocenters. The molecule has 0 radical (unpaired) electrons. The Morgan fingerprint density at radius 2 is 1.76 bits per heavy atom. The normalized spacial score (nSPS) is 16.4. The van der Waals surface area contributed by atoms with Crippen LogP contribution in [0.5, 0.6) is 0 Å². The first-order valence-electron chi connectivity index (χ1n) is 5.76. The monoisotopic (exact) mass is 233 g/mol. The third kappa shape index (κ3) is 3.27. The van der Waals surface area contributed by atoms with Crippen molar-refractivity contribution in [3.63, 3.8) is 0 Å². The lowest BCUT2D eigenvalue weighted by Crippen LogP contribution is -2.23. The summed E-state index contributed by atoms with van der Waals surface area (Å²) in [6.45, 7) is 1.91. The summed E-state index contributed by atoms with van der Waals surface area (Å²) >= 11 is 0. The molecule has 5 heteroatoms. The van der Waals surface area contributed by atoms with E-state index in [2.05, 4.69) is 10.3 Å². The SMILES string of the molecule is O=C(O)c1ccc(N=NN2CCCCC2)cc1. The molecule has 90 valence electrons. The van der Waals surface area contributed by atoms with E-state index < -0.39 is 5.97 Å². The van der Waals surface area contributed by atoms with Crippen molar-refractivity contribution < 1.29 is 9.90 Å². The predicted molar refractivity (Wildman–Crippen MR) is 63.3 cm³/mol. The second-order valence-corrected chi connectivity index (χ2v) is 4.06. The van der Waals surface area contributed by atoms with Gasteiger partial charge < -0.3 is 5.11 Å². The molecule has 0 saturated carbocycles. The molecule has 0 amide bonds. The fourth-order valence-corrected chi connectivity index (χ4v) is 1.75. The molecule has 0 bridgehead atoms. The summed E-state index contributed by atoms with van der Waals surface area (Å²) in [5.74, 6) is -0.926. The summed E-state index contributed by atoms with van der Waals surface area (Å²) in [5, 5.41) is 18.9. The predicted octanol–water partition coefficient (Wildman–Crippen LogP) is 2.87. The van der Waals surface area contributed by atoms with Crippen molar-refractivity contribution in [1.82, 2.24) is 5.01 Å². The van der Waals surface area contributed by atoms with Crippen LogP contribution >= 0.6 is 0 Å². The van der Waals surface area contributed by atoms with Crippen molar-refractivity contribution >= 4 is 11.7 Å². The molecular formula is C12H15N3O2. The largest absolute Gasteiger partial charge is 0.478 e. The minimum absolute atomic E-state index is 0.266. The van der Waals surface area contributed by atoms with Crippen molar-refractivity contribution in [2.24, 2.45) is 10.3 Å². The van der Waals surface area contributed by atoms with E-state index >= 15 is 0 Å². The number of benzene rings is 1. The topological polar surface area (TPSA) is 65.3 Å². The molecule has 1 aliphatic heterocycles. The van der Waals surface area contributed by atoms with E-state index in [1.165, 1.54) is 18.6 Å². The molecule has 1 aromatic carbocycles. The molecule has 2 rings (SSSR count). The maximum absolute atomic E-state index is 10.7. The van der Waals surface area contributed by atoms with Gasteiger partial charge in [-0.15, -0.1) is 5.11 Å². The van der Waals surface area contributed by atoms with Gasteiger partial charge >= 0.3 is 5.97 Å². The van der Waals surface area contributed by atoms with Gasteiger partial charge in [-0.3, -0.25) is 5.01 Å². The Morgan fingerprint density at radius 3 is 2.35 bits per heavy atom. The molecule has 0 aromatic heterocycles. The number of carboxylic acid groups (broad SMARTS) is 1. The summed E-state index contributed by atoms with van der Waals surface area (Å²) in [5.41, 5.74) is 0.947. The number of hydrogen-bond donors (Lipinski definition) is 1. The molecular weight excluding hydrogens is 218 g/mol. The van der Waals surface area contributed by atoms with Crippen LogP contribution in [0.4, 0.5) is 5.69 Å². The zero-order chi connectivity index (χ0) is 12.1. The smallest absolute Gasteiger partial charge is 0.335 e. The average molecular weight is 233 g/mol. The molecule has 1 aliphatic rings. The van der Waals surface area contributed by atoms with E-state index in [1.807, 2.05) is 5.01 Å². The second kappa shape index (κ2) is 5.43. The highest BCUT2D eigenvalue weighted by Crippen LogP contribution is 2.16. The van der Waals surface area contributed by atoms with E-state index in [1.54, 1.807) is 12.1 Å². The van der Waals surface area contributed by atoms with Crippen LogP contribution in [0.25, 0.3) is 0 Å². The number of carbonyl (C=O) groups is 1. The van der Waals surface area contributed by atoms with Gasteiger partial charge in [0.15, 0.2) is 0 Å². The fourth-order valence-electron chi connectivity index (χ4n) is 1.75. The first kappa shape index (κ1) is 11.6. The Labute approximate surface area is 99.7 Å². The maximum atomic E-state index is 10.7. The zero-order valence-electron chi connectivity index (χ0n) is 9.54. The van der Waals surface area contributed by atoms with Gasteiger partial charge in [-0.1, -0.05) is 5.22 Å². The zero-order valence-corrected chi connectivity index (χ0v) is 9.54.